The maximum Gasteiger partial charge on any atom is 0.00864 e. The number of hydrogen-bond donors (Lipinski definition) is 0. The summed E-state index contributed by atoms with van der Waals surface area (Å²) in [6.07, 6.45) is 0. The van der Waals surface area contributed by atoms with Crippen molar-refractivity contribution in [1.82, 2.24) is 0 Å². The van der Waals surface area contributed by atoms with Crippen LogP contribution in [0.15, 0.2) is 0 Å². The van der Waals surface area contributed by atoms with E-state index in [2.05, 4.69) is 78.0 Å². The minimum absolute atomic E-state index is 0. The van der Waals surface area contributed by atoms with Gasteiger partial charge in [-0.15, -0.1) is 0 Å². The first-order chi connectivity index (χ1) is 5.93. The van der Waals surface area contributed by atoms with Gasteiger partial charge in [0.05, 0.1) is 0 Å². The Labute approximate surface area is 125 Å². The van der Waals surface area contributed by atoms with Crippen molar-refractivity contribution < 1.29 is 20.4 Å². The van der Waals surface area contributed by atoms with Gasteiger partial charge in [-0.3, -0.25) is 0 Å². The molecule has 0 aliphatic heterocycles. The van der Waals surface area contributed by atoms with Crippen molar-refractivity contribution in [2.24, 2.45) is 0 Å². The van der Waals surface area contributed by atoms with Crippen molar-refractivity contribution in [3.05, 3.63) is 0 Å². The fourth-order valence-electron chi connectivity index (χ4n) is 2.88. The Bertz CT molecular complexity index is 175. The van der Waals surface area contributed by atoms with Gasteiger partial charge in [0.25, 0.3) is 0 Å². The topological polar surface area (TPSA) is 0 Å². The molecule has 3 heteroatoms. The molecule has 0 saturated heterocycles. The van der Waals surface area contributed by atoms with Gasteiger partial charge >= 0.3 is 0 Å². The summed E-state index contributed by atoms with van der Waals surface area (Å²) in [6.45, 7) is 19.3. The third kappa shape index (κ3) is 5.80. The molecule has 0 fully saturated rings. The van der Waals surface area contributed by atoms with Crippen LogP contribution in [0.4, 0.5) is 0 Å². The molecule has 0 aliphatic carbocycles. The number of hydrogen-bond acceptors (Lipinski definition) is 0. The molecule has 0 aromatic rings. The summed E-state index contributed by atoms with van der Waals surface area (Å²) in [5.41, 5.74) is 0. The van der Waals surface area contributed by atoms with Crippen LogP contribution >= 0.6 is 30.5 Å². The molecule has 96 valence electrons. The molecule has 0 bridgehead atoms. The summed E-state index contributed by atoms with van der Waals surface area (Å²) in [6, 6.07) is 0. The van der Waals surface area contributed by atoms with Crippen molar-refractivity contribution >= 4 is 30.5 Å². The molecule has 0 atom stereocenters. The summed E-state index contributed by atoms with van der Waals surface area (Å²) in [5, 5.41) is 1.37. The van der Waals surface area contributed by atoms with E-state index in [4.69, 9.17) is 0 Å². The van der Waals surface area contributed by atoms with E-state index >= 15 is 0 Å². The fourth-order valence-corrected chi connectivity index (χ4v) is 9.67. The third-order valence-electron chi connectivity index (χ3n) is 2.27. The van der Waals surface area contributed by atoms with E-state index in [9.17, 15) is 0 Å². The summed E-state index contributed by atoms with van der Waals surface area (Å²) >= 11 is 2.54. The molecular weight excluding hydrogens is 408 g/mol. The van der Waals surface area contributed by atoms with Crippen LogP contribution in [0.1, 0.15) is 55.4 Å². The largest absolute Gasteiger partial charge is 0.0890 e. The van der Waals surface area contributed by atoms with Gasteiger partial charge in [-0.2, -0.15) is 0 Å². The second-order valence-corrected chi connectivity index (χ2v) is 12.0. The zero-order chi connectivity index (χ0) is 11.8. The second-order valence-electron chi connectivity index (χ2n) is 6.62. The SMILES string of the molecule is CC(C)(C)P(C(C)(C)C)C(C)(C)CI.[Pd]. The van der Waals surface area contributed by atoms with Crippen molar-refractivity contribution in [3.63, 3.8) is 0 Å². The molecule has 0 aliphatic rings. The van der Waals surface area contributed by atoms with Gasteiger partial charge in [-0.1, -0.05) is 85.9 Å². The van der Waals surface area contributed by atoms with Gasteiger partial charge in [0.2, 0.25) is 0 Å². The van der Waals surface area contributed by atoms with Crippen molar-refractivity contribution in [2.75, 3.05) is 4.43 Å². The predicted octanol–water partition coefficient (Wildman–Crippen LogP) is 5.28. The van der Waals surface area contributed by atoms with Crippen molar-refractivity contribution in [2.45, 2.75) is 70.9 Å². The fraction of sp³-hybridized carbons (Fsp3) is 1.00. The van der Waals surface area contributed by atoms with E-state index < -0.39 is 0 Å². The molecule has 0 radical (unpaired) electrons. The zero-order valence-corrected chi connectivity index (χ0v) is 16.0. The monoisotopic (exact) mass is 434 g/mol. The van der Waals surface area contributed by atoms with E-state index in [0.29, 0.717) is 15.5 Å². The predicted molar refractivity (Wildman–Crippen MR) is 79.4 cm³/mol. The second kappa shape index (κ2) is 6.13. The standard InChI is InChI=1S/C12H26IP.Pd/c1-10(2,3)14(11(4,5)6)12(7,8)9-13;/h9H2,1-8H3;. The van der Waals surface area contributed by atoms with Crippen LogP contribution < -0.4 is 0 Å². The first kappa shape index (κ1) is 19.2. The quantitative estimate of drug-likeness (QED) is 0.240. The molecule has 0 spiro atoms. The van der Waals surface area contributed by atoms with Gasteiger partial charge in [0.1, 0.15) is 0 Å². The van der Waals surface area contributed by atoms with Gasteiger partial charge in [-0.05, 0) is 15.5 Å². The van der Waals surface area contributed by atoms with E-state index in [1.54, 1.807) is 0 Å². The Kier molecular flexibility index (Phi) is 7.83. The average molecular weight is 435 g/mol. The minimum atomic E-state index is 0. The van der Waals surface area contributed by atoms with E-state index in [1.807, 2.05) is 0 Å². The minimum Gasteiger partial charge on any atom is -0.0890 e. The van der Waals surface area contributed by atoms with E-state index in [1.165, 1.54) is 4.43 Å². The Morgan fingerprint density at radius 3 is 1.13 bits per heavy atom. The first-order valence-electron chi connectivity index (χ1n) is 5.29. The van der Waals surface area contributed by atoms with E-state index in [-0.39, 0.29) is 28.3 Å². The van der Waals surface area contributed by atoms with Crippen LogP contribution in [0.3, 0.4) is 0 Å². The van der Waals surface area contributed by atoms with Gasteiger partial charge in [-0.25, -0.2) is 0 Å². The Morgan fingerprint density at radius 2 is 1.07 bits per heavy atom. The van der Waals surface area contributed by atoms with Crippen LogP contribution in [0.25, 0.3) is 0 Å². The molecule has 15 heavy (non-hydrogen) atoms. The van der Waals surface area contributed by atoms with Crippen molar-refractivity contribution in [3.8, 4) is 0 Å². The third-order valence-corrected chi connectivity index (χ3v) is 8.84. The number of rotatable bonds is 2. The van der Waals surface area contributed by atoms with Crippen LogP contribution in [-0.4, -0.2) is 19.9 Å². The maximum absolute atomic E-state index is 2.54. The number of alkyl halides is 1. The zero-order valence-electron chi connectivity index (χ0n) is 11.3. The van der Waals surface area contributed by atoms with Crippen molar-refractivity contribution in [1.29, 1.82) is 0 Å². The summed E-state index contributed by atoms with van der Waals surface area (Å²) in [7, 11) is 0.00639. The molecule has 0 aromatic carbocycles. The smallest absolute Gasteiger partial charge is 0.00864 e. The Morgan fingerprint density at radius 1 is 0.800 bits per heavy atom. The molecule has 0 N–H and O–H groups in total. The van der Waals surface area contributed by atoms with Crippen LogP contribution in [-0.2, 0) is 20.4 Å². The Balaban J connectivity index is 0. The molecule has 0 unspecified atom stereocenters. The normalized spacial score (nSPS) is 14.0. The Hall–Kier alpha value is 1.82. The summed E-state index contributed by atoms with van der Waals surface area (Å²) in [5.74, 6) is 0. The first-order valence-corrected chi connectivity index (χ1v) is 8.16. The van der Waals surface area contributed by atoms with Crippen LogP contribution in [0, 0.1) is 0 Å². The van der Waals surface area contributed by atoms with E-state index in [0.717, 1.165) is 0 Å². The molecule has 0 saturated carbocycles. The summed E-state index contributed by atoms with van der Waals surface area (Å²) < 4.78 is 1.25. The molecule has 0 rings (SSSR count). The summed E-state index contributed by atoms with van der Waals surface area (Å²) in [4.78, 5) is 0. The number of halogens is 1. The molecular formula is C12H26IPPd. The average Bonchev–Trinajstić information content (AvgIpc) is 1.79. The molecule has 0 nitrogen and oxygen atoms in total. The molecule has 0 heterocycles. The van der Waals surface area contributed by atoms with Gasteiger partial charge in [0, 0.05) is 24.9 Å². The van der Waals surface area contributed by atoms with Gasteiger partial charge in [0.15, 0.2) is 0 Å². The molecule has 0 amide bonds. The maximum atomic E-state index is 2.54. The van der Waals surface area contributed by atoms with Crippen LogP contribution in [0.2, 0.25) is 0 Å². The molecule has 0 aromatic heterocycles. The van der Waals surface area contributed by atoms with Crippen LogP contribution in [0.5, 0.6) is 0 Å². The van der Waals surface area contributed by atoms with Gasteiger partial charge < -0.3 is 0 Å².